The number of carbonyl (C=O) groups excluding carboxylic acids is 1. The van der Waals surface area contributed by atoms with Crippen LogP contribution in [0.1, 0.15) is 27.0 Å². The fourth-order valence-electron chi connectivity index (χ4n) is 2.60. The van der Waals surface area contributed by atoms with Crippen LogP contribution in [0.3, 0.4) is 0 Å². The van der Waals surface area contributed by atoms with Gasteiger partial charge in [0, 0.05) is 5.56 Å². The van der Waals surface area contributed by atoms with E-state index in [4.69, 9.17) is 4.74 Å². The molecule has 0 saturated carbocycles. The van der Waals surface area contributed by atoms with E-state index in [1.54, 1.807) is 13.2 Å². The molecule has 124 valence electrons. The van der Waals surface area contributed by atoms with Crippen LogP contribution in [-0.4, -0.2) is 12.9 Å². The van der Waals surface area contributed by atoms with Crippen molar-refractivity contribution in [2.24, 2.45) is 0 Å². The Morgan fingerprint density at radius 3 is 2.12 bits per heavy atom. The van der Waals surface area contributed by atoms with Gasteiger partial charge < -0.3 is 4.74 Å². The first-order chi connectivity index (χ1) is 12.2. The Labute approximate surface area is 148 Å². The average Bonchev–Trinajstić information content (AvgIpc) is 2.68. The molecule has 0 aliphatic carbocycles. The molecule has 0 aliphatic rings. The lowest BCUT2D eigenvalue weighted by Crippen LogP contribution is -1.95. The summed E-state index contributed by atoms with van der Waals surface area (Å²) in [7, 11) is 1.63. The minimum absolute atomic E-state index is 0.00193. The van der Waals surface area contributed by atoms with Crippen LogP contribution in [0.5, 0.6) is 5.75 Å². The summed E-state index contributed by atoms with van der Waals surface area (Å²) in [5, 5.41) is 0. The molecule has 3 rings (SSSR count). The van der Waals surface area contributed by atoms with Crippen molar-refractivity contribution < 1.29 is 9.53 Å². The van der Waals surface area contributed by atoms with Crippen molar-refractivity contribution in [3.63, 3.8) is 0 Å². The second-order valence-corrected chi connectivity index (χ2v) is 5.83. The summed E-state index contributed by atoms with van der Waals surface area (Å²) in [6.07, 6.45) is 4.30. The molecular weight excluding hydrogens is 308 g/mol. The first-order valence-corrected chi connectivity index (χ1v) is 8.24. The quantitative estimate of drug-likeness (QED) is 0.460. The Morgan fingerprint density at radius 1 is 0.840 bits per heavy atom. The van der Waals surface area contributed by atoms with Gasteiger partial charge in [-0.15, -0.1) is 0 Å². The normalized spacial score (nSPS) is 10.8. The second kappa shape index (κ2) is 8.11. The van der Waals surface area contributed by atoms with E-state index in [9.17, 15) is 4.79 Å². The maximum Gasteiger partial charge on any atom is 0.185 e. The molecule has 0 aliphatic heterocycles. The van der Waals surface area contributed by atoms with Crippen LogP contribution in [0.15, 0.2) is 84.9 Å². The Hall–Kier alpha value is -3.13. The SMILES string of the molecule is COc1ccc(C=CC(=O)c2ccc(Cc3ccccc3)cc2)cc1. The van der Waals surface area contributed by atoms with Gasteiger partial charge in [0.05, 0.1) is 7.11 Å². The third kappa shape index (κ3) is 4.67. The van der Waals surface area contributed by atoms with E-state index in [0.29, 0.717) is 5.56 Å². The van der Waals surface area contributed by atoms with Crippen molar-refractivity contribution in [3.05, 3.63) is 107 Å². The molecule has 0 N–H and O–H groups in total. The Bertz CT molecular complexity index is 845. The summed E-state index contributed by atoms with van der Waals surface area (Å²) < 4.78 is 5.13. The van der Waals surface area contributed by atoms with Crippen molar-refractivity contribution >= 4 is 11.9 Å². The predicted octanol–water partition coefficient (Wildman–Crippen LogP) is 5.18. The highest BCUT2D eigenvalue weighted by molar-refractivity contribution is 6.06. The second-order valence-electron chi connectivity index (χ2n) is 5.83. The molecule has 3 aromatic rings. The summed E-state index contributed by atoms with van der Waals surface area (Å²) in [5.41, 5.74) is 4.12. The zero-order valence-corrected chi connectivity index (χ0v) is 14.2. The van der Waals surface area contributed by atoms with Gasteiger partial charge in [-0.2, -0.15) is 0 Å². The number of ether oxygens (including phenoxy) is 1. The molecule has 0 saturated heterocycles. The van der Waals surface area contributed by atoms with Crippen LogP contribution in [0, 0.1) is 0 Å². The van der Waals surface area contributed by atoms with Crippen molar-refractivity contribution in [3.8, 4) is 5.75 Å². The number of hydrogen-bond donors (Lipinski definition) is 0. The van der Waals surface area contributed by atoms with E-state index < -0.39 is 0 Å². The van der Waals surface area contributed by atoms with Crippen LogP contribution in [-0.2, 0) is 6.42 Å². The molecule has 0 bridgehead atoms. The smallest absolute Gasteiger partial charge is 0.185 e. The number of allylic oxidation sites excluding steroid dienone is 1. The highest BCUT2D eigenvalue weighted by atomic mass is 16.5. The topological polar surface area (TPSA) is 26.3 Å². The fourth-order valence-corrected chi connectivity index (χ4v) is 2.60. The summed E-state index contributed by atoms with van der Waals surface area (Å²) in [6, 6.07) is 25.7. The Kier molecular flexibility index (Phi) is 5.43. The first-order valence-electron chi connectivity index (χ1n) is 8.24. The number of benzene rings is 3. The number of carbonyl (C=O) groups is 1. The van der Waals surface area contributed by atoms with E-state index in [2.05, 4.69) is 12.1 Å². The van der Waals surface area contributed by atoms with Gasteiger partial charge in [0.15, 0.2) is 5.78 Å². The molecule has 0 unspecified atom stereocenters. The zero-order chi connectivity index (χ0) is 17.5. The monoisotopic (exact) mass is 328 g/mol. The fraction of sp³-hybridized carbons (Fsp3) is 0.0870. The lowest BCUT2D eigenvalue weighted by molar-refractivity contribution is 0.104. The summed E-state index contributed by atoms with van der Waals surface area (Å²) in [6.45, 7) is 0. The molecule has 0 amide bonds. The highest BCUT2D eigenvalue weighted by Crippen LogP contribution is 2.14. The maximum absolute atomic E-state index is 12.3. The minimum Gasteiger partial charge on any atom is -0.497 e. The van der Waals surface area contributed by atoms with Gasteiger partial charge in [0.2, 0.25) is 0 Å². The van der Waals surface area contributed by atoms with Gasteiger partial charge in [-0.05, 0) is 41.3 Å². The van der Waals surface area contributed by atoms with Crippen molar-refractivity contribution in [2.45, 2.75) is 6.42 Å². The lowest BCUT2D eigenvalue weighted by atomic mass is 10.0. The van der Waals surface area contributed by atoms with Crippen LogP contribution in [0.2, 0.25) is 0 Å². The van der Waals surface area contributed by atoms with E-state index in [1.807, 2.05) is 72.8 Å². The van der Waals surface area contributed by atoms with Crippen molar-refractivity contribution in [1.82, 2.24) is 0 Å². The van der Waals surface area contributed by atoms with E-state index in [0.717, 1.165) is 17.7 Å². The first kappa shape index (κ1) is 16.7. The summed E-state index contributed by atoms with van der Waals surface area (Å²) in [4.78, 5) is 12.3. The van der Waals surface area contributed by atoms with Crippen LogP contribution in [0.25, 0.3) is 6.08 Å². The van der Waals surface area contributed by atoms with Crippen LogP contribution in [0.4, 0.5) is 0 Å². The van der Waals surface area contributed by atoms with Crippen molar-refractivity contribution in [2.75, 3.05) is 7.11 Å². The molecule has 3 aromatic carbocycles. The highest BCUT2D eigenvalue weighted by Gasteiger charge is 2.02. The van der Waals surface area contributed by atoms with Gasteiger partial charge in [-0.25, -0.2) is 0 Å². The molecular formula is C23H20O2. The molecule has 0 atom stereocenters. The van der Waals surface area contributed by atoms with E-state index >= 15 is 0 Å². The van der Waals surface area contributed by atoms with Crippen molar-refractivity contribution in [1.29, 1.82) is 0 Å². The van der Waals surface area contributed by atoms with Gasteiger partial charge >= 0.3 is 0 Å². The summed E-state index contributed by atoms with van der Waals surface area (Å²) in [5.74, 6) is 0.805. The average molecular weight is 328 g/mol. The van der Waals surface area contributed by atoms with E-state index in [1.165, 1.54) is 11.1 Å². The summed E-state index contributed by atoms with van der Waals surface area (Å²) >= 11 is 0. The van der Waals surface area contributed by atoms with Gasteiger partial charge in [-0.1, -0.05) is 72.8 Å². The molecule has 0 aromatic heterocycles. The molecule has 0 spiro atoms. The van der Waals surface area contributed by atoms with Crippen LogP contribution >= 0.6 is 0 Å². The molecule has 2 nitrogen and oxygen atoms in total. The number of hydrogen-bond acceptors (Lipinski definition) is 2. The third-order valence-corrected chi connectivity index (χ3v) is 4.03. The zero-order valence-electron chi connectivity index (χ0n) is 14.2. The van der Waals surface area contributed by atoms with E-state index in [-0.39, 0.29) is 5.78 Å². The third-order valence-electron chi connectivity index (χ3n) is 4.03. The van der Waals surface area contributed by atoms with Gasteiger partial charge in [-0.3, -0.25) is 4.79 Å². The largest absolute Gasteiger partial charge is 0.497 e. The molecule has 0 heterocycles. The van der Waals surface area contributed by atoms with Gasteiger partial charge in [0.1, 0.15) is 5.75 Å². The van der Waals surface area contributed by atoms with Gasteiger partial charge in [0.25, 0.3) is 0 Å². The van der Waals surface area contributed by atoms with Crippen LogP contribution < -0.4 is 4.74 Å². The molecule has 25 heavy (non-hydrogen) atoms. The lowest BCUT2D eigenvalue weighted by Gasteiger charge is -2.03. The standard InChI is InChI=1S/C23H20O2/c1-25-22-14-9-18(10-15-22)11-16-23(24)21-12-7-20(8-13-21)17-19-5-3-2-4-6-19/h2-16H,17H2,1H3. The molecule has 0 fully saturated rings. The number of rotatable bonds is 6. The maximum atomic E-state index is 12.3. The molecule has 0 radical (unpaired) electrons. The Morgan fingerprint density at radius 2 is 1.48 bits per heavy atom. The Balaban J connectivity index is 1.64. The minimum atomic E-state index is 0.00193. The number of ketones is 1. The molecule has 2 heteroatoms. The predicted molar refractivity (Wildman–Crippen MR) is 102 cm³/mol. The number of methoxy groups -OCH3 is 1.